The van der Waals surface area contributed by atoms with Crippen LogP contribution in [0.15, 0.2) is 48.1 Å². The Balaban J connectivity index is 1.59. The van der Waals surface area contributed by atoms with Crippen LogP contribution in [0.25, 0.3) is 0 Å². The summed E-state index contributed by atoms with van der Waals surface area (Å²) in [5.74, 6) is 0.163. The zero-order valence-corrected chi connectivity index (χ0v) is 15.8. The summed E-state index contributed by atoms with van der Waals surface area (Å²) in [6.07, 6.45) is 5.13. The second-order valence-corrected chi connectivity index (χ2v) is 6.66. The molecule has 0 bridgehead atoms. The predicted molar refractivity (Wildman–Crippen MR) is 109 cm³/mol. The van der Waals surface area contributed by atoms with Crippen LogP contribution in [0.5, 0.6) is 0 Å². The second kappa shape index (κ2) is 8.62. The molecule has 0 spiro atoms. The predicted octanol–water partition coefficient (Wildman–Crippen LogP) is 2.70. The summed E-state index contributed by atoms with van der Waals surface area (Å²) in [6.45, 7) is 4.59. The van der Waals surface area contributed by atoms with Crippen LogP contribution < -0.4 is 11.1 Å². The van der Waals surface area contributed by atoms with E-state index in [1.54, 1.807) is 35.4 Å². The van der Waals surface area contributed by atoms with E-state index in [1.807, 2.05) is 0 Å². The summed E-state index contributed by atoms with van der Waals surface area (Å²) < 4.78 is 0. The fourth-order valence-electron chi connectivity index (χ4n) is 2.77. The molecule has 3 rings (SSSR count). The molecule has 1 aromatic carbocycles. The van der Waals surface area contributed by atoms with E-state index in [0.717, 1.165) is 6.42 Å². The van der Waals surface area contributed by atoms with Gasteiger partial charge >= 0.3 is 0 Å². The van der Waals surface area contributed by atoms with Crippen molar-refractivity contribution in [2.75, 3.05) is 24.1 Å². The Bertz CT molecular complexity index is 929. The van der Waals surface area contributed by atoms with Crippen molar-refractivity contribution in [3.05, 3.63) is 53.7 Å². The third kappa shape index (κ3) is 4.72. The molecule has 1 saturated heterocycles. The average molecular weight is 399 g/mol. The minimum Gasteiger partial charge on any atom is -0.382 e. The standard InChI is InChI=1S/C19H19ClN6O2/c1-2-16(27)24-14-5-3-13(4-6-14)18(28)26-8-7-12(11-26)9-22-19-23-10-15(20)17(21)25-19/h2-6,9-10,12H,1,7-8,11H2,(H,24,27)(H2,21,23,25)/b22-9+. The number of carbonyl (C=O) groups excluding carboxylic acids is 2. The summed E-state index contributed by atoms with van der Waals surface area (Å²) in [4.78, 5) is 38.0. The van der Waals surface area contributed by atoms with Gasteiger partial charge in [-0.1, -0.05) is 18.2 Å². The zero-order valence-electron chi connectivity index (χ0n) is 15.0. The first kappa shape index (κ1) is 19.5. The largest absolute Gasteiger partial charge is 0.382 e. The van der Waals surface area contributed by atoms with E-state index in [9.17, 15) is 9.59 Å². The molecule has 0 saturated carbocycles. The van der Waals surface area contributed by atoms with Gasteiger partial charge in [0, 0.05) is 36.5 Å². The molecule has 1 aromatic heterocycles. The number of benzene rings is 1. The quantitative estimate of drug-likeness (QED) is 0.593. The highest BCUT2D eigenvalue weighted by atomic mass is 35.5. The lowest BCUT2D eigenvalue weighted by molar-refractivity contribution is -0.111. The molecule has 1 atom stereocenters. The van der Waals surface area contributed by atoms with E-state index in [0.29, 0.717) is 24.3 Å². The number of nitrogens with zero attached hydrogens (tertiary/aromatic N) is 4. The third-order valence-electron chi connectivity index (χ3n) is 4.26. The number of nitrogens with one attached hydrogen (secondary N) is 1. The number of anilines is 2. The molecule has 1 fully saturated rings. The smallest absolute Gasteiger partial charge is 0.253 e. The molecule has 2 aromatic rings. The number of nitrogens with two attached hydrogens (primary N) is 1. The summed E-state index contributed by atoms with van der Waals surface area (Å²) in [7, 11) is 0. The lowest BCUT2D eigenvalue weighted by Crippen LogP contribution is -2.28. The molecule has 2 heterocycles. The molecular formula is C19H19ClN6O2. The minimum atomic E-state index is -0.299. The van der Waals surface area contributed by atoms with Crippen molar-refractivity contribution in [3.8, 4) is 0 Å². The Hall–Kier alpha value is -3.26. The zero-order chi connectivity index (χ0) is 20.1. The Kier molecular flexibility index (Phi) is 6.00. The number of hydrogen-bond acceptors (Lipinski definition) is 6. The van der Waals surface area contributed by atoms with Crippen LogP contribution in [0, 0.1) is 5.92 Å². The van der Waals surface area contributed by atoms with Crippen molar-refractivity contribution in [1.82, 2.24) is 14.9 Å². The van der Waals surface area contributed by atoms with Gasteiger partial charge in [0.25, 0.3) is 11.9 Å². The molecular weight excluding hydrogens is 380 g/mol. The molecule has 3 N–H and O–H groups in total. The maximum absolute atomic E-state index is 12.7. The Morgan fingerprint density at radius 1 is 1.36 bits per heavy atom. The van der Waals surface area contributed by atoms with Gasteiger partial charge in [0.05, 0.1) is 6.20 Å². The molecule has 0 aliphatic carbocycles. The molecule has 1 aliphatic heterocycles. The maximum Gasteiger partial charge on any atom is 0.253 e. The number of nitrogen functional groups attached to an aromatic ring is 1. The summed E-state index contributed by atoms with van der Waals surface area (Å²) in [5, 5.41) is 2.93. The number of likely N-dealkylation sites (tertiary alicyclic amines) is 1. The number of amides is 2. The van der Waals surface area contributed by atoms with Gasteiger partial charge in [-0.05, 0) is 36.8 Å². The number of halogens is 1. The molecule has 144 valence electrons. The van der Waals surface area contributed by atoms with Crippen LogP contribution in [0.2, 0.25) is 5.02 Å². The highest BCUT2D eigenvalue weighted by Crippen LogP contribution is 2.21. The van der Waals surface area contributed by atoms with Gasteiger partial charge in [0.1, 0.15) is 10.8 Å². The molecule has 28 heavy (non-hydrogen) atoms. The fraction of sp³-hybridized carbons (Fsp3) is 0.211. The van der Waals surface area contributed by atoms with E-state index in [-0.39, 0.29) is 34.5 Å². The number of aliphatic imine (C=N–C) groups is 1. The molecule has 1 unspecified atom stereocenters. The molecule has 0 radical (unpaired) electrons. The van der Waals surface area contributed by atoms with Crippen molar-refractivity contribution in [1.29, 1.82) is 0 Å². The van der Waals surface area contributed by atoms with E-state index in [2.05, 4.69) is 26.9 Å². The van der Waals surface area contributed by atoms with Crippen molar-refractivity contribution in [2.45, 2.75) is 6.42 Å². The first-order valence-electron chi connectivity index (χ1n) is 8.61. The SMILES string of the molecule is C=CC(=O)Nc1ccc(C(=O)N2CCC(/C=N/c3ncc(Cl)c(N)n3)C2)cc1. The number of carbonyl (C=O) groups is 2. The maximum atomic E-state index is 12.7. The monoisotopic (exact) mass is 398 g/mol. The van der Waals surface area contributed by atoms with Crippen LogP contribution in [-0.2, 0) is 4.79 Å². The first-order chi connectivity index (χ1) is 13.5. The van der Waals surface area contributed by atoms with Gasteiger partial charge in [-0.3, -0.25) is 9.59 Å². The van der Waals surface area contributed by atoms with Crippen molar-refractivity contribution in [3.63, 3.8) is 0 Å². The van der Waals surface area contributed by atoms with Gasteiger partial charge in [-0.2, -0.15) is 4.98 Å². The van der Waals surface area contributed by atoms with Gasteiger partial charge < -0.3 is 16.0 Å². The van der Waals surface area contributed by atoms with Crippen molar-refractivity contribution < 1.29 is 9.59 Å². The Morgan fingerprint density at radius 2 is 2.11 bits per heavy atom. The number of aromatic nitrogens is 2. The molecule has 8 nitrogen and oxygen atoms in total. The van der Waals surface area contributed by atoms with Crippen LogP contribution in [0.1, 0.15) is 16.8 Å². The highest BCUT2D eigenvalue weighted by Gasteiger charge is 2.26. The molecule has 2 amide bonds. The van der Waals surface area contributed by atoms with Crippen LogP contribution >= 0.6 is 11.6 Å². The minimum absolute atomic E-state index is 0.0653. The van der Waals surface area contributed by atoms with Gasteiger partial charge in [-0.15, -0.1) is 0 Å². The van der Waals surface area contributed by atoms with Crippen LogP contribution in [0.4, 0.5) is 17.5 Å². The Labute approximate surface area is 167 Å². The summed E-state index contributed by atoms with van der Waals surface area (Å²) >= 11 is 5.79. The topological polar surface area (TPSA) is 114 Å². The van der Waals surface area contributed by atoms with Crippen molar-refractivity contribution in [2.24, 2.45) is 10.9 Å². The highest BCUT2D eigenvalue weighted by molar-refractivity contribution is 6.32. The van der Waals surface area contributed by atoms with E-state index in [4.69, 9.17) is 17.3 Å². The second-order valence-electron chi connectivity index (χ2n) is 6.25. The Morgan fingerprint density at radius 3 is 2.79 bits per heavy atom. The number of hydrogen-bond donors (Lipinski definition) is 2. The first-order valence-corrected chi connectivity index (χ1v) is 8.99. The van der Waals surface area contributed by atoms with E-state index < -0.39 is 0 Å². The summed E-state index contributed by atoms with van der Waals surface area (Å²) in [5.41, 5.74) is 6.80. The van der Waals surface area contributed by atoms with E-state index >= 15 is 0 Å². The normalized spacial score (nSPS) is 16.3. The average Bonchev–Trinajstić information content (AvgIpc) is 3.18. The number of rotatable bonds is 5. The lowest BCUT2D eigenvalue weighted by Gasteiger charge is -2.16. The van der Waals surface area contributed by atoms with Crippen LogP contribution in [0.3, 0.4) is 0 Å². The molecule has 9 heteroatoms. The van der Waals surface area contributed by atoms with Crippen LogP contribution in [-0.4, -0.2) is 46.0 Å². The van der Waals surface area contributed by atoms with Gasteiger partial charge in [0.2, 0.25) is 5.91 Å². The van der Waals surface area contributed by atoms with Gasteiger partial charge in [-0.25, -0.2) is 9.98 Å². The lowest BCUT2D eigenvalue weighted by atomic mass is 10.1. The van der Waals surface area contributed by atoms with Gasteiger partial charge in [0.15, 0.2) is 0 Å². The summed E-state index contributed by atoms with van der Waals surface area (Å²) in [6, 6.07) is 6.75. The van der Waals surface area contributed by atoms with E-state index in [1.165, 1.54) is 12.3 Å². The fourth-order valence-corrected chi connectivity index (χ4v) is 2.86. The third-order valence-corrected chi connectivity index (χ3v) is 4.55. The van der Waals surface area contributed by atoms with Crippen molar-refractivity contribution >= 4 is 47.1 Å². The molecule has 1 aliphatic rings.